The van der Waals surface area contributed by atoms with Gasteiger partial charge in [0.15, 0.2) is 0 Å². The van der Waals surface area contributed by atoms with Gasteiger partial charge in [-0.25, -0.2) is 0 Å². The normalized spacial score (nSPS) is 24.3. The summed E-state index contributed by atoms with van der Waals surface area (Å²) in [5.74, 6) is 0. The Kier molecular flexibility index (Phi) is 4.19. The predicted molar refractivity (Wildman–Crippen MR) is 71.9 cm³/mol. The molecule has 1 atom stereocenters. The maximum atomic E-state index is 10.4. The zero-order valence-corrected chi connectivity index (χ0v) is 11.2. The summed E-state index contributed by atoms with van der Waals surface area (Å²) < 4.78 is 5.11. The van der Waals surface area contributed by atoms with Crippen LogP contribution >= 0.6 is 0 Å². The van der Waals surface area contributed by atoms with Crippen molar-refractivity contribution in [2.45, 2.75) is 31.8 Å². The lowest BCUT2D eigenvalue weighted by atomic mass is 9.93. The summed E-state index contributed by atoms with van der Waals surface area (Å²) in [6.07, 6.45) is 4.64. The molecule has 0 unspecified atom stereocenters. The molecule has 0 aliphatic carbocycles. The standard InChI is InChI=1S/C14H22N2O2/c1-3-12-5-6-13(9-15-12)16-8-4-7-14(17,10-16)11-18-2/h5-6,9,17H,3-4,7-8,10-11H2,1-2H3/t14-/m0/s1. The first-order valence-electron chi connectivity index (χ1n) is 6.58. The number of anilines is 1. The second-order valence-corrected chi connectivity index (χ2v) is 5.04. The lowest BCUT2D eigenvalue weighted by Gasteiger charge is -2.39. The van der Waals surface area contributed by atoms with Crippen LogP contribution in [0.15, 0.2) is 18.3 Å². The van der Waals surface area contributed by atoms with Gasteiger partial charge in [-0.2, -0.15) is 0 Å². The van der Waals surface area contributed by atoms with Crippen LogP contribution in [-0.2, 0) is 11.2 Å². The third-order valence-electron chi connectivity index (χ3n) is 3.50. The highest BCUT2D eigenvalue weighted by molar-refractivity contribution is 5.45. The Labute approximate surface area is 109 Å². The van der Waals surface area contributed by atoms with E-state index in [-0.39, 0.29) is 0 Å². The van der Waals surface area contributed by atoms with Crippen LogP contribution in [0.2, 0.25) is 0 Å². The molecular weight excluding hydrogens is 228 g/mol. The molecule has 2 rings (SSSR count). The quantitative estimate of drug-likeness (QED) is 0.882. The van der Waals surface area contributed by atoms with E-state index in [1.807, 2.05) is 6.20 Å². The SMILES string of the molecule is CCc1ccc(N2CCC[C@@](O)(COC)C2)cn1. The Balaban J connectivity index is 2.07. The molecule has 2 heterocycles. The van der Waals surface area contributed by atoms with Crippen molar-refractivity contribution in [1.82, 2.24) is 4.98 Å². The topological polar surface area (TPSA) is 45.6 Å². The molecule has 0 bridgehead atoms. The maximum Gasteiger partial charge on any atom is 0.105 e. The molecule has 1 saturated heterocycles. The summed E-state index contributed by atoms with van der Waals surface area (Å²) in [7, 11) is 1.63. The van der Waals surface area contributed by atoms with Gasteiger partial charge >= 0.3 is 0 Å². The van der Waals surface area contributed by atoms with Crippen LogP contribution in [0.3, 0.4) is 0 Å². The molecule has 4 heteroatoms. The number of aryl methyl sites for hydroxylation is 1. The molecule has 1 aliphatic rings. The van der Waals surface area contributed by atoms with E-state index in [1.165, 1.54) is 0 Å². The summed E-state index contributed by atoms with van der Waals surface area (Å²) >= 11 is 0. The Bertz CT molecular complexity index is 376. The molecule has 1 aliphatic heterocycles. The van der Waals surface area contributed by atoms with Crippen molar-refractivity contribution in [1.29, 1.82) is 0 Å². The number of piperidine rings is 1. The van der Waals surface area contributed by atoms with Gasteiger partial charge < -0.3 is 14.7 Å². The van der Waals surface area contributed by atoms with Crippen LogP contribution in [0.5, 0.6) is 0 Å². The van der Waals surface area contributed by atoms with Crippen molar-refractivity contribution in [3.8, 4) is 0 Å². The number of aliphatic hydroxyl groups is 1. The van der Waals surface area contributed by atoms with Gasteiger partial charge in [0.25, 0.3) is 0 Å². The molecule has 0 spiro atoms. The van der Waals surface area contributed by atoms with Crippen LogP contribution in [0.25, 0.3) is 0 Å². The van der Waals surface area contributed by atoms with Crippen molar-refractivity contribution in [2.75, 3.05) is 31.7 Å². The second kappa shape index (κ2) is 5.67. The maximum absolute atomic E-state index is 10.4. The third kappa shape index (κ3) is 3.00. The van der Waals surface area contributed by atoms with E-state index in [4.69, 9.17) is 4.74 Å². The number of aromatic nitrogens is 1. The summed E-state index contributed by atoms with van der Waals surface area (Å²) in [5.41, 5.74) is 1.46. The predicted octanol–water partition coefficient (Wildman–Crippen LogP) is 1.62. The number of β-amino-alcohol motifs (C(OH)–C–C–N with tert-alkyl or cyclic N) is 1. The molecular formula is C14H22N2O2. The summed E-state index contributed by atoms with van der Waals surface area (Å²) in [6, 6.07) is 4.14. The molecule has 1 fully saturated rings. The summed E-state index contributed by atoms with van der Waals surface area (Å²) in [5, 5.41) is 10.4. The Hall–Kier alpha value is -1.13. The average Bonchev–Trinajstić information content (AvgIpc) is 2.39. The number of rotatable bonds is 4. The summed E-state index contributed by atoms with van der Waals surface area (Å²) in [4.78, 5) is 6.60. The van der Waals surface area contributed by atoms with Crippen LogP contribution in [0.1, 0.15) is 25.5 Å². The summed E-state index contributed by atoms with van der Waals surface area (Å²) in [6.45, 7) is 4.08. The molecule has 0 radical (unpaired) electrons. The van der Waals surface area contributed by atoms with Gasteiger partial charge in [-0.15, -0.1) is 0 Å². The molecule has 0 amide bonds. The van der Waals surface area contributed by atoms with Gasteiger partial charge in [0.05, 0.1) is 18.5 Å². The average molecular weight is 250 g/mol. The molecule has 1 aromatic rings. The van der Waals surface area contributed by atoms with E-state index >= 15 is 0 Å². The van der Waals surface area contributed by atoms with Gasteiger partial charge in [0, 0.05) is 25.9 Å². The molecule has 4 nitrogen and oxygen atoms in total. The highest BCUT2D eigenvalue weighted by atomic mass is 16.5. The van der Waals surface area contributed by atoms with Gasteiger partial charge in [-0.3, -0.25) is 4.98 Å². The van der Waals surface area contributed by atoms with Crippen LogP contribution in [0, 0.1) is 0 Å². The van der Waals surface area contributed by atoms with Crippen LogP contribution in [-0.4, -0.2) is 42.5 Å². The Morgan fingerprint density at radius 2 is 2.33 bits per heavy atom. The largest absolute Gasteiger partial charge is 0.386 e. The van der Waals surface area contributed by atoms with E-state index < -0.39 is 5.60 Å². The Morgan fingerprint density at radius 1 is 1.50 bits per heavy atom. The lowest BCUT2D eigenvalue weighted by Crippen LogP contribution is -2.51. The zero-order chi connectivity index (χ0) is 13.0. The van der Waals surface area contributed by atoms with E-state index in [1.54, 1.807) is 7.11 Å². The number of ether oxygens (including phenoxy) is 1. The fraction of sp³-hybridized carbons (Fsp3) is 0.643. The van der Waals surface area contributed by atoms with Crippen molar-refractivity contribution in [3.05, 3.63) is 24.0 Å². The van der Waals surface area contributed by atoms with Crippen LogP contribution in [0.4, 0.5) is 5.69 Å². The number of nitrogens with zero attached hydrogens (tertiary/aromatic N) is 2. The smallest absolute Gasteiger partial charge is 0.105 e. The highest BCUT2D eigenvalue weighted by Crippen LogP contribution is 2.25. The first-order valence-corrected chi connectivity index (χ1v) is 6.58. The minimum atomic E-state index is -0.726. The number of pyridine rings is 1. The first kappa shape index (κ1) is 13.3. The van der Waals surface area contributed by atoms with E-state index in [9.17, 15) is 5.11 Å². The molecule has 1 aromatic heterocycles. The molecule has 18 heavy (non-hydrogen) atoms. The first-order chi connectivity index (χ1) is 8.67. The minimum Gasteiger partial charge on any atom is -0.386 e. The fourth-order valence-electron chi connectivity index (χ4n) is 2.53. The second-order valence-electron chi connectivity index (χ2n) is 5.04. The number of hydrogen-bond donors (Lipinski definition) is 1. The highest BCUT2D eigenvalue weighted by Gasteiger charge is 2.33. The monoisotopic (exact) mass is 250 g/mol. The number of hydrogen-bond acceptors (Lipinski definition) is 4. The molecule has 0 aromatic carbocycles. The molecule has 0 saturated carbocycles. The number of methoxy groups -OCH3 is 1. The molecule has 1 N–H and O–H groups in total. The van der Waals surface area contributed by atoms with E-state index in [2.05, 4.69) is 28.9 Å². The van der Waals surface area contributed by atoms with E-state index in [0.717, 1.165) is 37.2 Å². The van der Waals surface area contributed by atoms with E-state index in [0.29, 0.717) is 13.2 Å². The van der Waals surface area contributed by atoms with Crippen molar-refractivity contribution < 1.29 is 9.84 Å². The van der Waals surface area contributed by atoms with Gasteiger partial charge in [-0.05, 0) is 31.4 Å². The molecule has 100 valence electrons. The minimum absolute atomic E-state index is 0.393. The zero-order valence-electron chi connectivity index (χ0n) is 11.2. The van der Waals surface area contributed by atoms with Crippen molar-refractivity contribution in [2.24, 2.45) is 0 Å². The van der Waals surface area contributed by atoms with Gasteiger partial charge in [-0.1, -0.05) is 6.92 Å². The Morgan fingerprint density at radius 3 is 2.94 bits per heavy atom. The van der Waals surface area contributed by atoms with Gasteiger partial charge in [0.2, 0.25) is 0 Å². The van der Waals surface area contributed by atoms with Crippen LogP contribution < -0.4 is 4.90 Å². The van der Waals surface area contributed by atoms with Crippen molar-refractivity contribution in [3.63, 3.8) is 0 Å². The van der Waals surface area contributed by atoms with Gasteiger partial charge in [0.1, 0.15) is 5.60 Å². The fourth-order valence-corrected chi connectivity index (χ4v) is 2.53. The third-order valence-corrected chi connectivity index (χ3v) is 3.50. The van der Waals surface area contributed by atoms with Crippen molar-refractivity contribution >= 4 is 5.69 Å². The lowest BCUT2D eigenvalue weighted by molar-refractivity contribution is -0.0393.